The molecule has 4 heteroatoms. The van der Waals surface area contributed by atoms with E-state index in [2.05, 4.69) is 17.0 Å². The monoisotopic (exact) mass is 264 g/mol. The third kappa shape index (κ3) is 5.19. The van der Waals surface area contributed by atoms with Gasteiger partial charge >= 0.3 is 0 Å². The molecule has 1 unspecified atom stereocenters. The molecule has 2 rings (SSSR count). The van der Waals surface area contributed by atoms with Gasteiger partial charge in [-0.15, -0.1) is 0 Å². The first kappa shape index (κ1) is 14.3. The van der Waals surface area contributed by atoms with Gasteiger partial charge in [0, 0.05) is 25.7 Å². The first-order valence-electron chi connectivity index (χ1n) is 7.01. The average molecular weight is 264 g/mol. The van der Waals surface area contributed by atoms with Gasteiger partial charge < -0.3 is 15.2 Å². The van der Waals surface area contributed by atoms with Crippen molar-refractivity contribution in [2.24, 2.45) is 5.73 Å². The molecule has 1 aromatic carbocycles. The zero-order valence-electron chi connectivity index (χ0n) is 11.7. The average Bonchev–Trinajstić information content (AvgIpc) is 2.40. The van der Waals surface area contributed by atoms with Crippen molar-refractivity contribution < 1.29 is 9.47 Å². The van der Waals surface area contributed by atoms with Gasteiger partial charge in [-0.3, -0.25) is 4.90 Å². The van der Waals surface area contributed by atoms with Crippen molar-refractivity contribution in [1.82, 2.24) is 4.90 Å². The maximum atomic E-state index is 5.81. The Morgan fingerprint density at radius 3 is 2.89 bits per heavy atom. The van der Waals surface area contributed by atoms with E-state index in [9.17, 15) is 0 Å². The van der Waals surface area contributed by atoms with Crippen molar-refractivity contribution in [1.29, 1.82) is 0 Å². The summed E-state index contributed by atoms with van der Waals surface area (Å²) >= 11 is 0. The Hall–Kier alpha value is -1.10. The highest BCUT2D eigenvalue weighted by Crippen LogP contribution is 2.14. The lowest BCUT2D eigenvalue weighted by Crippen LogP contribution is -2.38. The van der Waals surface area contributed by atoms with Crippen LogP contribution >= 0.6 is 0 Å². The van der Waals surface area contributed by atoms with Gasteiger partial charge in [0.1, 0.15) is 12.4 Å². The van der Waals surface area contributed by atoms with Crippen LogP contribution in [0.1, 0.15) is 12.5 Å². The van der Waals surface area contributed by atoms with Gasteiger partial charge in [0.2, 0.25) is 0 Å². The van der Waals surface area contributed by atoms with Crippen molar-refractivity contribution in [2.75, 3.05) is 39.5 Å². The van der Waals surface area contributed by atoms with Crippen molar-refractivity contribution >= 4 is 0 Å². The zero-order chi connectivity index (χ0) is 13.5. The predicted molar refractivity (Wildman–Crippen MR) is 76.5 cm³/mol. The minimum absolute atomic E-state index is 0.184. The molecular weight excluding hydrogens is 240 g/mol. The summed E-state index contributed by atoms with van der Waals surface area (Å²) in [4.78, 5) is 2.37. The minimum Gasteiger partial charge on any atom is -0.492 e. The molecule has 4 nitrogen and oxygen atoms in total. The Labute approximate surface area is 115 Å². The van der Waals surface area contributed by atoms with E-state index in [1.807, 2.05) is 19.1 Å². The van der Waals surface area contributed by atoms with Crippen molar-refractivity contribution in [3.8, 4) is 5.75 Å². The molecule has 0 saturated carbocycles. The maximum Gasteiger partial charge on any atom is 0.119 e. The fourth-order valence-electron chi connectivity index (χ4n) is 2.25. The van der Waals surface area contributed by atoms with Gasteiger partial charge in [0.05, 0.1) is 13.2 Å². The molecule has 1 heterocycles. The number of nitrogens with two attached hydrogens (primary N) is 1. The highest BCUT2D eigenvalue weighted by Gasteiger charge is 2.09. The Bertz CT molecular complexity index is 376. The van der Waals surface area contributed by atoms with Crippen LogP contribution in [0.15, 0.2) is 24.3 Å². The summed E-state index contributed by atoms with van der Waals surface area (Å²) in [5.41, 5.74) is 7.05. The van der Waals surface area contributed by atoms with E-state index in [0.717, 1.165) is 51.6 Å². The lowest BCUT2D eigenvalue weighted by molar-refractivity contribution is 0.0322. The van der Waals surface area contributed by atoms with Crippen LogP contribution in [0.25, 0.3) is 0 Å². The molecule has 1 aromatic rings. The molecule has 19 heavy (non-hydrogen) atoms. The van der Waals surface area contributed by atoms with E-state index < -0.39 is 0 Å². The zero-order valence-corrected chi connectivity index (χ0v) is 11.7. The molecule has 2 N–H and O–H groups in total. The standard InChI is InChI=1S/C15H24N2O2/c1-13(16)11-14-3-2-4-15(12-14)19-10-7-17-5-8-18-9-6-17/h2-4,12-13H,5-11,16H2,1H3. The first-order chi connectivity index (χ1) is 9.24. The molecule has 0 aromatic heterocycles. The van der Waals surface area contributed by atoms with E-state index in [1.54, 1.807) is 0 Å². The topological polar surface area (TPSA) is 47.7 Å². The van der Waals surface area contributed by atoms with Crippen molar-refractivity contribution in [3.63, 3.8) is 0 Å². The van der Waals surface area contributed by atoms with Gasteiger partial charge in [0.25, 0.3) is 0 Å². The number of rotatable bonds is 6. The molecule has 1 saturated heterocycles. The lowest BCUT2D eigenvalue weighted by Gasteiger charge is -2.26. The van der Waals surface area contributed by atoms with Gasteiger partial charge in [-0.25, -0.2) is 0 Å². The van der Waals surface area contributed by atoms with Gasteiger partial charge in [-0.2, -0.15) is 0 Å². The van der Waals surface area contributed by atoms with Gasteiger partial charge in [-0.05, 0) is 31.0 Å². The summed E-state index contributed by atoms with van der Waals surface area (Å²) in [5, 5.41) is 0. The molecule has 106 valence electrons. The van der Waals surface area contributed by atoms with Gasteiger partial charge in [0.15, 0.2) is 0 Å². The second-order valence-electron chi connectivity index (χ2n) is 5.13. The Morgan fingerprint density at radius 1 is 1.37 bits per heavy atom. The molecule has 0 aliphatic carbocycles. The molecule has 0 bridgehead atoms. The summed E-state index contributed by atoms with van der Waals surface area (Å²) < 4.78 is 11.1. The third-order valence-electron chi connectivity index (χ3n) is 3.24. The van der Waals surface area contributed by atoms with Crippen LogP contribution in [0, 0.1) is 0 Å². The Morgan fingerprint density at radius 2 is 2.16 bits per heavy atom. The van der Waals surface area contributed by atoms with Crippen LogP contribution in [-0.2, 0) is 11.2 Å². The van der Waals surface area contributed by atoms with Crippen LogP contribution in [0.3, 0.4) is 0 Å². The van der Waals surface area contributed by atoms with Crippen molar-refractivity contribution in [2.45, 2.75) is 19.4 Å². The molecule has 1 fully saturated rings. The quantitative estimate of drug-likeness (QED) is 0.841. The summed E-state index contributed by atoms with van der Waals surface area (Å²) in [7, 11) is 0. The van der Waals surface area contributed by atoms with Crippen LogP contribution in [-0.4, -0.2) is 50.4 Å². The summed E-state index contributed by atoms with van der Waals surface area (Å²) in [6.45, 7) is 7.39. The maximum absolute atomic E-state index is 5.81. The van der Waals surface area contributed by atoms with E-state index in [1.165, 1.54) is 5.56 Å². The van der Waals surface area contributed by atoms with Crippen LogP contribution < -0.4 is 10.5 Å². The second-order valence-corrected chi connectivity index (χ2v) is 5.13. The Kier molecular flexibility index (Phi) is 5.63. The molecule has 0 spiro atoms. The highest BCUT2D eigenvalue weighted by atomic mass is 16.5. The number of morpholine rings is 1. The van der Waals surface area contributed by atoms with E-state index in [-0.39, 0.29) is 6.04 Å². The molecule has 1 aliphatic heterocycles. The van der Waals surface area contributed by atoms with Crippen LogP contribution in [0.5, 0.6) is 5.75 Å². The largest absolute Gasteiger partial charge is 0.492 e. The fraction of sp³-hybridized carbons (Fsp3) is 0.600. The summed E-state index contributed by atoms with van der Waals surface area (Å²) in [6.07, 6.45) is 0.890. The summed E-state index contributed by atoms with van der Waals surface area (Å²) in [5.74, 6) is 0.936. The molecular formula is C15H24N2O2. The number of hydrogen-bond donors (Lipinski definition) is 1. The molecule has 1 aliphatic rings. The van der Waals surface area contributed by atoms with Crippen molar-refractivity contribution in [3.05, 3.63) is 29.8 Å². The molecule has 0 radical (unpaired) electrons. The fourth-order valence-corrected chi connectivity index (χ4v) is 2.25. The van der Waals surface area contributed by atoms with Gasteiger partial charge in [-0.1, -0.05) is 12.1 Å². The number of nitrogens with zero attached hydrogens (tertiary/aromatic N) is 1. The van der Waals surface area contributed by atoms with E-state index in [4.69, 9.17) is 15.2 Å². The summed E-state index contributed by atoms with van der Waals surface area (Å²) in [6, 6.07) is 8.40. The number of benzene rings is 1. The lowest BCUT2D eigenvalue weighted by atomic mass is 10.1. The number of hydrogen-bond acceptors (Lipinski definition) is 4. The first-order valence-corrected chi connectivity index (χ1v) is 7.01. The van der Waals surface area contributed by atoms with Crippen LogP contribution in [0.2, 0.25) is 0 Å². The SMILES string of the molecule is CC(N)Cc1cccc(OCCN2CCOCC2)c1. The molecule has 1 atom stereocenters. The highest BCUT2D eigenvalue weighted by molar-refractivity contribution is 5.29. The normalized spacial score (nSPS) is 18.2. The second kappa shape index (κ2) is 7.48. The minimum atomic E-state index is 0.184. The van der Waals surface area contributed by atoms with E-state index >= 15 is 0 Å². The smallest absolute Gasteiger partial charge is 0.119 e. The number of ether oxygens (including phenoxy) is 2. The molecule has 0 amide bonds. The van der Waals surface area contributed by atoms with E-state index in [0.29, 0.717) is 0 Å². The van der Waals surface area contributed by atoms with Crippen LogP contribution in [0.4, 0.5) is 0 Å². The Balaban J connectivity index is 1.75. The third-order valence-corrected chi connectivity index (χ3v) is 3.24. The predicted octanol–water partition coefficient (Wildman–Crippen LogP) is 1.29.